The van der Waals surface area contributed by atoms with Crippen molar-refractivity contribution in [2.24, 2.45) is 5.92 Å². The molecule has 0 spiro atoms. The summed E-state index contributed by atoms with van der Waals surface area (Å²) in [7, 11) is -0.269. The molecule has 2 saturated heterocycles. The molecule has 0 radical (unpaired) electrons. The largest absolute Gasteiger partial charge is 0.494 e. The van der Waals surface area contributed by atoms with Crippen molar-refractivity contribution in [2.75, 3.05) is 13.1 Å². The lowest BCUT2D eigenvalue weighted by molar-refractivity contribution is 0.00578. The number of likely N-dealkylation sites (tertiary alicyclic amines) is 1. The second-order valence-electron chi connectivity index (χ2n) is 8.76. The van der Waals surface area contributed by atoms with E-state index in [0.717, 1.165) is 17.9 Å². The molecule has 24 heavy (non-hydrogen) atoms. The highest BCUT2D eigenvalue weighted by molar-refractivity contribution is 6.62. The molecule has 2 fully saturated rings. The van der Waals surface area contributed by atoms with E-state index in [4.69, 9.17) is 9.31 Å². The molecule has 1 aromatic rings. The zero-order chi connectivity index (χ0) is 17.5. The van der Waals surface area contributed by atoms with E-state index in [1.807, 2.05) is 0 Å². The minimum atomic E-state index is -0.287. The molecule has 0 saturated carbocycles. The van der Waals surface area contributed by atoms with Gasteiger partial charge in [-0.1, -0.05) is 25.1 Å². The molecule has 2 aliphatic heterocycles. The van der Waals surface area contributed by atoms with E-state index >= 15 is 0 Å². The first-order valence-corrected chi connectivity index (χ1v) is 9.35. The normalized spacial score (nSPS) is 26.8. The smallest absolute Gasteiger partial charge is 0.399 e. The van der Waals surface area contributed by atoms with Crippen LogP contribution in [0.2, 0.25) is 0 Å². The van der Waals surface area contributed by atoms with Gasteiger partial charge in [0.25, 0.3) is 0 Å². The number of hydrogen-bond acceptors (Lipinski definition) is 3. The number of aryl methyl sites for hydroxylation is 1. The highest BCUT2D eigenvalue weighted by Gasteiger charge is 2.51. The summed E-state index contributed by atoms with van der Waals surface area (Å²) in [6.07, 6.45) is 2.68. The van der Waals surface area contributed by atoms with Gasteiger partial charge in [0.15, 0.2) is 0 Å². The van der Waals surface area contributed by atoms with E-state index in [0.29, 0.717) is 0 Å². The Bertz CT molecular complexity index is 583. The first-order valence-electron chi connectivity index (χ1n) is 9.35. The second-order valence-corrected chi connectivity index (χ2v) is 8.76. The summed E-state index contributed by atoms with van der Waals surface area (Å²) in [5.41, 5.74) is 3.32. The topological polar surface area (TPSA) is 21.7 Å². The number of piperidine rings is 1. The maximum absolute atomic E-state index is 6.22. The number of benzene rings is 1. The molecule has 3 nitrogen and oxygen atoms in total. The van der Waals surface area contributed by atoms with E-state index in [1.165, 1.54) is 37.1 Å². The minimum absolute atomic E-state index is 0.269. The lowest BCUT2D eigenvalue weighted by Crippen LogP contribution is -2.41. The summed E-state index contributed by atoms with van der Waals surface area (Å²) in [5.74, 6) is 0.810. The van der Waals surface area contributed by atoms with Crippen LogP contribution >= 0.6 is 0 Å². The fourth-order valence-electron chi connectivity index (χ4n) is 3.66. The van der Waals surface area contributed by atoms with Crippen LogP contribution in [0.1, 0.15) is 58.6 Å². The Labute approximate surface area is 147 Å². The third kappa shape index (κ3) is 3.56. The van der Waals surface area contributed by atoms with Gasteiger partial charge in [-0.25, -0.2) is 0 Å². The fourth-order valence-corrected chi connectivity index (χ4v) is 3.66. The molecule has 1 aromatic carbocycles. The van der Waals surface area contributed by atoms with Crippen molar-refractivity contribution >= 4 is 12.6 Å². The molecule has 2 aliphatic rings. The van der Waals surface area contributed by atoms with Crippen LogP contribution in [0.3, 0.4) is 0 Å². The summed E-state index contributed by atoms with van der Waals surface area (Å²) in [6, 6.07) is 6.65. The van der Waals surface area contributed by atoms with E-state index in [2.05, 4.69) is 64.6 Å². The van der Waals surface area contributed by atoms with Crippen LogP contribution in [-0.4, -0.2) is 36.3 Å². The lowest BCUT2D eigenvalue weighted by atomic mass is 9.77. The standard InChI is InChI=1S/C20H32BNO2/c1-15-8-7-11-22(13-15)14-17-12-18(10-9-16(17)2)21-23-19(3,4)20(5,6)24-21/h9-10,12,15H,7-8,11,13-14H2,1-6H3. The third-order valence-electron chi connectivity index (χ3n) is 6.03. The first-order chi connectivity index (χ1) is 11.2. The molecule has 2 heterocycles. The van der Waals surface area contributed by atoms with Crippen LogP contribution in [-0.2, 0) is 15.9 Å². The number of hydrogen-bond donors (Lipinski definition) is 0. The molecular formula is C20H32BNO2. The zero-order valence-electron chi connectivity index (χ0n) is 16.2. The minimum Gasteiger partial charge on any atom is -0.399 e. The Morgan fingerprint density at radius 3 is 2.46 bits per heavy atom. The summed E-state index contributed by atoms with van der Waals surface area (Å²) >= 11 is 0. The highest BCUT2D eigenvalue weighted by Crippen LogP contribution is 2.36. The summed E-state index contributed by atoms with van der Waals surface area (Å²) < 4.78 is 12.4. The average molecular weight is 329 g/mol. The molecule has 0 amide bonds. The summed E-state index contributed by atoms with van der Waals surface area (Å²) in [5, 5.41) is 0. The average Bonchev–Trinajstić information content (AvgIpc) is 2.70. The van der Waals surface area contributed by atoms with Gasteiger partial charge in [-0.05, 0) is 76.5 Å². The Hall–Kier alpha value is -0.835. The maximum atomic E-state index is 6.22. The van der Waals surface area contributed by atoms with E-state index in [9.17, 15) is 0 Å². The van der Waals surface area contributed by atoms with Gasteiger partial charge in [0, 0.05) is 13.1 Å². The van der Waals surface area contributed by atoms with Crippen molar-refractivity contribution in [2.45, 2.75) is 72.1 Å². The summed E-state index contributed by atoms with van der Waals surface area (Å²) in [6.45, 7) is 16.5. The monoisotopic (exact) mass is 329 g/mol. The van der Waals surface area contributed by atoms with Gasteiger partial charge < -0.3 is 9.31 Å². The van der Waals surface area contributed by atoms with Crippen molar-refractivity contribution in [3.05, 3.63) is 29.3 Å². The van der Waals surface area contributed by atoms with Crippen LogP contribution in [0.15, 0.2) is 18.2 Å². The second kappa shape index (κ2) is 6.47. The molecule has 4 heteroatoms. The van der Waals surface area contributed by atoms with Crippen molar-refractivity contribution in [1.29, 1.82) is 0 Å². The quantitative estimate of drug-likeness (QED) is 0.792. The Morgan fingerprint density at radius 2 is 1.83 bits per heavy atom. The van der Waals surface area contributed by atoms with Gasteiger partial charge in [-0.2, -0.15) is 0 Å². The van der Waals surface area contributed by atoms with E-state index in [1.54, 1.807) is 0 Å². The van der Waals surface area contributed by atoms with Gasteiger partial charge in [0.1, 0.15) is 0 Å². The van der Waals surface area contributed by atoms with Crippen molar-refractivity contribution in [3.8, 4) is 0 Å². The SMILES string of the molecule is Cc1ccc(B2OC(C)(C)C(C)(C)O2)cc1CN1CCCC(C)C1. The molecule has 0 aliphatic carbocycles. The van der Waals surface area contributed by atoms with Crippen molar-refractivity contribution < 1.29 is 9.31 Å². The van der Waals surface area contributed by atoms with Gasteiger partial charge in [-0.15, -0.1) is 0 Å². The van der Waals surface area contributed by atoms with Crippen molar-refractivity contribution in [3.63, 3.8) is 0 Å². The third-order valence-corrected chi connectivity index (χ3v) is 6.03. The molecule has 132 valence electrons. The van der Waals surface area contributed by atoms with Gasteiger partial charge >= 0.3 is 7.12 Å². The van der Waals surface area contributed by atoms with Crippen molar-refractivity contribution in [1.82, 2.24) is 4.90 Å². The Kier molecular flexibility index (Phi) is 4.85. The van der Waals surface area contributed by atoms with E-state index in [-0.39, 0.29) is 18.3 Å². The molecule has 3 rings (SSSR count). The molecule has 0 aromatic heterocycles. The summed E-state index contributed by atoms with van der Waals surface area (Å²) in [4.78, 5) is 2.59. The zero-order valence-corrected chi connectivity index (χ0v) is 16.2. The van der Waals surface area contributed by atoms with Gasteiger partial charge in [0.2, 0.25) is 0 Å². The van der Waals surface area contributed by atoms with Gasteiger partial charge in [-0.3, -0.25) is 4.90 Å². The highest BCUT2D eigenvalue weighted by atomic mass is 16.7. The molecule has 1 unspecified atom stereocenters. The molecule has 0 N–H and O–H groups in total. The van der Waals surface area contributed by atoms with Crippen LogP contribution in [0.25, 0.3) is 0 Å². The van der Waals surface area contributed by atoms with Crippen LogP contribution in [0.5, 0.6) is 0 Å². The Balaban J connectivity index is 1.77. The molecule has 1 atom stereocenters. The molecule has 0 bridgehead atoms. The van der Waals surface area contributed by atoms with E-state index < -0.39 is 0 Å². The van der Waals surface area contributed by atoms with Crippen LogP contribution in [0, 0.1) is 12.8 Å². The van der Waals surface area contributed by atoms with Crippen LogP contribution in [0.4, 0.5) is 0 Å². The predicted molar refractivity (Wildman–Crippen MR) is 101 cm³/mol. The fraction of sp³-hybridized carbons (Fsp3) is 0.700. The number of rotatable bonds is 3. The van der Waals surface area contributed by atoms with Crippen LogP contribution < -0.4 is 5.46 Å². The number of nitrogens with zero attached hydrogens (tertiary/aromatic N) is 1. The predicted octanol–water partition coefficient (Wildman–Crippen LogP) is 3.53. The van der Waals surface area contributed by atoms with Gasteiger partial charge in [0.05, 0.1) is 11.2 Å². The lowest BCUT2D eigenvalue weighted by Gasteiger charge is -2.32. The first kappa shape index (κ1) is 18.0. The Morgan fingerprint density at radius 1 is 1.17 bits per heavy atom. The molecular weight excluding hydrogens is 297 g/mol. The maximum Gasteiger partial charge on any atom is 0.494 e.